The van der Waals surface area contributed by atoms with Crippen molar-refractivity contribution >= 4 is 17.1 Å². The number of rotatable bonds is 7. The Hall–Kier alpha value is -1.68. The number of Topliss-reactive ketones (excluding diaryl/α,β-unsaturated/α-hetero) is 1. The van der Waals surface area contributed by atoms with Gasteiger partial charge < -0.3 is 4.74 Å². The number of ketones is 1. The fraction of sp³-hybridized carbons (Fsp3) is 0.375. The average molecular weight is 289 g/mol. The molecule has 2 rings (SSSR count). The van der Waals surface area contributed by atoms with Gasteiger partial charge in [0.1, 0.15) is 18.1 Å². The monoisotopic (exact) mass is 289 g/mol. The van der Waals surface area contributed by atoms with Crippen molar-refractivity contribution in [2.24, 2.45) is 0 Å². The maximum atomic E-state index is 11.0. The van der Waals surface area contributed by atoms with Gasteiger partial charge in [-0.25, -0.2) is 4.98 Å². The normalized spacial score (nSPS) is 10.5. The van der Waals surface area contributed by atoms with Crippen LogP contribution in [0.15, 0.2) is 29.6 Å². The van der Waals surface area contributed by atoms with E-state index in [1.165, 1.54) is 5.01 Å². The largest absolute Gasteiger partial charge is 0.487 e. The fourth-order valence-electron chi connectivity index (χ4n) is 1.89. The summed E-state index contributed by atoms with van der Waals surface area (Å²) in [6.07, 6.45) is 2.63. The Morgan fingerprint density at radius 1 is 1.30 bits per heavy atom. The number of ether oxygens (including phenoxy) is 1. The minimum Gasteiger partial charge on any atom is -0.487 e. The van der Waals surface area contributed by atoms with Gasteiger partial charge in [0.15, 0.2) is 0 Å². The third-order valence-electron chi connectivity index (χ3n) is 2.83. The molecule has 0 aliphatic carbocycles. The Morgan fingerprint density at radius 3 is 2.70 bits per heavy atom. The van der Waals surface area contributed by atoms with Crippen LogP contribution < -0.4 is 4.74 Å². The van der Waals surface area contributed by atoms with Gasteiger partial charge in [-0.15, -0.1) is 11.3 Å². The zero-order valence-electron chi connectivity index (χ0n) is 11.9. The van der Waals surface area contributed by atoms with Crippen LogP contribution in [0.1, 0.15) is 36.5 Å². The molecule has 0 unspecified atom stereocenters. The molecule has 0 bridgehead atoms. The molecule has 20 heavy (non-hydrogen) atoms. The number of hydrogen-bond donors (Lipinski definition) is 0. The first-order chi connectivity index (χ1) is 9.67. The van der Waals surface area contributed by atoms with Crippen molar-refractivity contribution in [3.8, 4) is 5.75 Å². The second-order valence-electron chi connectivity index (χ2n) is 4.79. The second kappa shape index (κ2) is 7.20. The van der Waals surface area contributed by atoms with E-state index in [-0.39, 0.29) is 5.78 Å². The summed E-state index contributed by atoms with van der Waals surface area (Å²) in [6, 6.07) is 7.66. The summed E-state index contributed by atoms with van der Waals surface area (Å²) in [5.74, 6) is 0.979. The van der Waals surface area contributed by atoms with Crippen LogP contribution in [0.3, 0.4) is 0 Å². The Kier molecular flexibility index (Phi) is 5.30. The predicted octanol–water partition coefficient (Wildman–Crippen LogP) is 3.81. The van der Waals surface area contributed by atoms with E-state index in [2.05, 4.69) is 17.3 Å². The molecule has 106 valence electrons. The highest BCUT2D eigenvalue weighted by Gasteiger charge is 2.03. The SMILES string of the molecule is CCCc1nc(COc2ccc(CC(C)=O)cc2)cs1. The lowest BCUT2D eigenvalue weighted by molar-refractivity contribution is -0.116. The van der Waals surface area contributed by atoms with Gasteiger partial charge in [0.05, 0.1) is 10.7 Å². The summed E-state index contributed by atoms with van der Waals surface area (Å²) in [5, 5.41) is 3.22. The molecule has 0 amide bonds. The van der Waals surface area contributed by atoms with Crippen molar-refractivity contribution in [3.63, 3.8) is 0 Å². The van der Waals surface area contributed by atoms with Gasteiger partial charge in [-0.1, -0.05) is 19.1 Å². The number of carbonyl (C=O) groups excluding carboxylic acids is 1. The number of aryl methyl sites for hydroxylation is 1. The van der Waals surface area contributed by atoms with Crippen molar-refractivity contribution in [2.45, 2.75) is 39.7 Å². The highest BCUT2D eigenvalue weighted by Crippen LogP contribution is 2.16. The number of carbonyl (C=O) groups is 1. The van der Waals surface area contributed by atoms with Crippen molar-refractivity contribution in [3.05, 3.63) is 45.9 Å². The standard InChI is InChI=1S/C16H19NO2S/c1-3-4-16-17-14(11-20-16)10-19-15-7-5-13(6-8-15)9-12(2)18/h5-8,11H,3-4,9-10H2,1-2H3. The van der Waals surface area contributed by atoms with E-state index in [1.807, 2.05) is 24.3 Å². The van der Waals surface area contributed by atoms with Crippen LogP contribution in [-0.4, -0.2) is 10.8 Å². The average Bonchev–Trinajstić information content (AvgIpc) is 2.86. The van der Waals surface area contributed by atoms with Crippen molar-refractivity contribution in [1.29, 1.82) is 0 Å². The molecular formula is C16H19NO2S. The Labute approximate surface area is 123 Å². The number of aromatic nitrogens is 1. The van der Waals surface area contributed by atoms with E-state index in [1.54, 1.807) is 18.3 Å². The first kappa shape index (κ1) is 14.7. The summed E-state index contributed by atoms with van der Waals surface area (Å²) in [6.45, 7) is 4.24. The van der Waals surface area contributed by atoms with Crippen molar-refractivity contribution in [2.75, 3.05) is 0 Å². The van der Waals surface area contributed by atoms with Gasteiger partial charge in [-0.05, 0) is 37.5 Å². The predicted molar refractivity (Wildman–Crippen MR) is 81.3 cm³/mol. The molecule has 1 heterocycles. The summed E-state index contributed by atoms with van der Waals surface area (Å²) in [4.78, 5) is 15.5. The lowest BCUT2D eigenvalue weighted by Gasteiger charge is -2.05. The number of hydrogen-bond acceptors (Lipinski definition) is 4. The maximum absolute atomic E-state index is 11.0. The summed E-state index contributed by atoms with van der Waals surface area (Å²) in [7, 11) is 0. The first-order valence-corrected chi connectivity index (χ1v) is 7.69. The third kappa shape index (κ3) is 4.46. The molecule has 2 aromatic rings. The van der Waals surface area contributed by atoms with Crippen molar-refractivity contribution < 1.29 is 9.53 Å². The molecule has 0 saturated heterocycles. The van der Waals surface area contributed by atoms with Crippen molar-refractivity contribution in [1.82, 2.24) is 4.98 Å². The highest BCUT2D eigenvalue weighted by molar-refractivity contribution is 7.09. The minimum absolute atomic E-state index is 0.171. The van der Waals surface area contributed by atoms with Crippen LogP contribution in [-0.2, 0) is 24.2 Å². The first-order valence-electron chi connectivity index (χ1n) is 6.82. The quantitative estimate of drug-likeness (QED) is 0.778. The van der Waals surface area contributed by atoms with Gasteiger partial charge in [-0.3, -0.25) is 4.79 Å². The van der Waals surface area contributed by atoms with Gasteiger partial charge in [0.25, 0.3) is 0 Å². The maximum Gasteiger partial charge on any atom is 0.134 e. The number of thiazole rings is 1. The molecule has 0 atom stereocenters. The molecule has 3 nitrogen and oxygen atoms in total. The molecule has 1 aromatic carbocycles. The molecule has 1 aromatic heterocycles. The Balaban J connectivity index is 1.88. The van der Waals surface area contributed by atoms with Gasteiger partial charge in [-0.2, -0.15) is 0 Å². The fourth-order valence-corrected chi connectivity index (χ4v) is 2.78. The van der Waals surface area contributed by atoms with Crippen LogP contribution >= 0.6 is 11.3 Å². The molecule has 4 heteroatoms. The van der Waals surface area contributed by atoms with E-state index in [4.69, 9.17) is 4.74 Å². The lowest BCUT2D eigenvalue weighted by atomic mass is 10.1. The summed E-state index contributed by atoms with van der Waals surface area (Å²) >= 11 is 1.69. The zero-order valence-corrected chi connectivity index (χ0v) is 12.7. The van der Waals surface area contributed by atoms with E-state index < -0.39 is 0 Å². The van der Waals surface area contributed by atoms with Crippen LogP contribution in [0.2, 0.25) is 0 Å². The van der Waals surface area contributed by atoms with E-state index in [0.29, 0.717) is 13.0 Å². The zero-order chi connectivity index (χ0) is 14.4. The number of benzene rings is 1. The topological polar surface area (TPSA) is 39.2 Å². The van der Waals surface area contributed by atoms with Crippen LogP contribution in [0.5, 0.6) is 5.75 Å². The minimum atomic E-state index is 0.171. The summed E-state index contributed by atoms with van der Waals surface area (Å²) < 4.78 is 5.70. The Bertz CT molecular complexity index is 560. The van der Waals surface area contributed by atoms with Gasteiger partial charge in [0, 0.05) is 11.8 Å². The van der Waals surface area contributed by atoms with Gasteiger partial charge in [0.2, 0.25) is 0 Å². The molecule has 0 fully saturated rings. The smallest absolute Gasteiger partial charge is 0.134 e. The van der Waals surface area contributed by atoms with Crippen LogP contribution in [0.25, 0.3) is 0 Å². The highest BCUT2D eigenvalue weighted by atomic mass is 32.1. The molecule has 0 spiro atoms. The lowest BCUT2D eigenvalue weighted by Crippen LogP contribution is -1.98. The second-order valence-corrected chi connectivity index (χ2v) is 5.74. The molecule has 0 aliphatic heterocycles. The van der Waals surface area contributed by atoms with E-state index in [0.717, 1.165) is 29.8 Å². The summed E-state index contributed by atoms with van der Waals surface area (Å²) in [5.41, 5.74) is 2.00. The number of nitrogens with zero attached hydrogens (tertiary/aromatic N) is 1. The molecule has 0 saturated carbocycles. The molecule has 0 aliphatic rings. The molecular weight excluding hydrogens is 270 g/mol. The Morgan fingerprint density at radius 2 is 2.05 bits per heavy atom. The van der Waals surface area contributed by atoms with Crippen LogP contribution in [0, 0.1) is 0 Å². The third-order valence-corrected chi connectivity index (χ3v) is 3.78. The van der Waals surface area contributed by atoms with Gasteiger partial charge >= 0.3 is 0 Å². The van der Waals surface area contributed by atoms with Crippen LogP contribution in [0.4, 0.5) is 0 Å². The van der Waals surface area contributed by atoms with E-state index in [9.17, 15) is 4.79 Å². The molecule has 0 radical (unpaired) electrons. The molecule has 0 N–H and O–H groups in total. The van der Waals surface area contributed by atoms with E-state index >= 15 is 0 Å².